The predicted molar refractivity (Wildman–Crippen MR) is 93.5 cm³/mol. The highest BCUT2D eigenvalue weighted by molar-refractivity contribution is 6.30. The zero-order valence-corrected chi connectivity index (χ0v) is 14.1. The smallest absolute Gasteiger partial charge is 0.220 e. The fourth-order valence-corrected chi connectivity index (χ4v) is 2.52. The highest BCUT2D eigenvalue weighted by Crippen LogP contribution is 2.19. The van der Waals surface area contributed by atoms with Crippen molar-refractivity contribution in [2.24, 2.45) is 0 Å². The number of amides is 1. The normalized spacial score (nSPS) is 10.6. The molecule has 3 rings (SSSR count). The Morgan fingerprint density at radius 1 is 1.20 bits per heavy atom. The van der Waals surface area contributed by atoms with Crippen LogP contribution in [0.1, 0.15) is 17.5 Å². The maximum atomic E-state index is 13.4. The highest BCUT2D eigenvalue weighted by Gasteiger charge is 2.07. The van der Waals surface area contributed by atoms with Crippen LogP contribution in [0.5, 0.6) is 0 Å². The summed E-state index contributed by atoms with van der Waals surface area (Å²) >= 11 is 5.64. The van der Waals surface area contributed by atoms with Gasteiger partial charge in [0, 0.05) is 30.9 Å². The molecule has 0 saturated carbocycles. The average molecular weight is 359 g/mol. The molecule has 0 aliphatic rings. The van der Waals surface area contributed by atoms with Crippen molar-refractivity contribution in [3.8, 4) is 11.3 Å². The molecule has 0 bridgehead atoms. The number of pyridine rings is 1. The number of nitrogens with zero attached hydrogens (tertiary/aromatic N) is 1. The summed E-state index contributed by atoms with van der Waals surface area (Å²) in [5.41, 5.74) is 2.46. The first kappa shape index (κ1) is 17.2. The molecule has 0 fully saturated rings. The van der Waals surface area contributed by atoms with E-state index in [1.165, 1.54) is 12.1 Å². The first-order valence-corrected chi connectivity index (χ1v) is 8.18. The molecule has 0 radical (unpaired) electrons. The molecular formula is C19H16ClFN2O2. The molecule has 0 aliphatic carbocycles. The number of aromatic nitrogens is 1. The van der Waals surface area contributed by atoms with Gasteiger partial charge in [0.05, 0.1) is 11.3 Å². The van der Waals surface area contributed by atoms with E-state index in [1.807, 2.05) is 18.2 Å². The Morgan fingerprint density at radius 2 is 2.08 bits per heavy atom. The maximum absolute atomic E-state index is 13.4. The van der Waals surface area contributed by atoms with Gasteiger partial charge in [0.15, 0.2) is 0 Å². The number of carbonyl (C=O) groups is 1. The SMILES string of the molecule is O=C(CCc1ccc(Cl)c(F)c1)NCc1cncc(-c2ccco2)c1. The lowest BCUT2D eigenvalue weighted by Gasteiger charge is -2.07. The van der Waals surface area contributed by atoms with Crippen LogP contribution in [0.4, 0.5) is 4.39 Å². The van der Waals surface area contributed by atoms with Gasteiger partial charge < -0.3 is 9.73 Å². The molecule has 1 amide bonds. The van der Waals surface area contributed by atoms with Gasteiger partial charge in [-0.05, 0) is 47.9 Å². The topological polar surface area (TPSA) is 55.1 Å². The predicted octanol–water partition coefficient (Wildman–Crippen LogP) is 4.38. The van der Waals surface area contributed by atoms with E-state index in [4.69, 9.17) is 16.0 Å². The minimum atomic E-state index is -0.472. The minimum absolute atomic E-state index is 0.0807. The van der Waals surface area contributed by atoms with E-state index in [-0.39, 0.29) is 17.4 Å². The zero-order chi connectivity index (χ0) is 17.6. The summed E-state index contributed by atoms with van der Waals surface area (Å²) in [6, 6.07) is 10.1. The molecule has 6 heteroatoms. The number of nitrogens with one attached hydrogen (secondary N) is 1. The third kappa shape index (κ3) is 4.67. The van der Waals surface area contributed by atoms with E-state index in [0.29, 0.717) is 13.0 Å². The molecule has 0 unspecified atom stereocenters. The summed E-state index contributed by atoms with van der Waals surface area (Å²) in [6.07, 6.45) is 5.72. The number of aryl methyl sites for hydroxylation is 1. The van der Waals surface area contributed by atoms with Gasteiger partial charge in [0.1, 0.15) is 11.6 Å². The standard InChI is InChI=1S/C19H16ClFN2O2/c20-16-5-3-13(9-17(16)21)4-6-19(24)23-11-14-8-15(12-22-10-14)18-2-1-7-25-18/h1-3,5,7-10,12H,4,6,11H2,(H,23,24). The summed E-state index contributed by atoms with van der Waals surface area (Å²) in [5, 5.41) is 2.92. The van der Waals surface area contributed by atoms with Crippen molar-refractivity contribution in [2.45, 2.75) is 19.4 Å². The summed E-state index contributed by atoms with van der Waals surface area (Å²) in [5.74, 6) is 0.143. The molecule has 2 aromatic heterocycles. The number of hydrogen-bond donors (Lipinski definition) is 1. The number of rotatable bonds is 6. The van der Waals surface area contributed by atoms with Crippen LogP contribution in [-0.4, -0.2) is 10.9 Å². The maximum Gasteiger partial charge on any atom is 0.220 e. The second-order valence-corrected chi connectivity index (χ2v) is 5.99. The molecule has 1 aromatic carbocycles. The largest absolute Gasteiger partial charge is 0.464 e. The van der Waals surface area contributed by atoms with E-state index in [1.54, 1.807) is 24.7 Å². The molecule has 128 valence electrons. The second kappa shape index (κ2) is 7.94. The van der Waals surface area contributed by atoms with E-state index in [2.05, 4.69) is 10.3 Å². The van der Waals surface area contributed by atoms with Gasteiger partial charge in [-0.25, -0.2) is 4.39 Å². The van der Waals surface area contributed by atoms with Gasteiger partial charge in [0.2, 0.25) is 5.91 Å². The lowest BCUT2D eigenvalue weighted by atomic mass is 10.1. The van der Waals surface area contributed by atoms with Crippen LogP contribution in [0, 0.1) is 5.82 Å². The average Bonchev–Trinajstić information content (AvgIpc) is 3.16. The van der Waals surface area contributed by atoms with Crippen molar-refractivity contribution >= 4 is 17.5 Å². The lowest BCUT2D eigenvalue weighted by molar-refractivity contribution is -0.121. The van der Waals surface area contributed by atoms with Gasteiger partial charge in [-0.15, -0.1) is 0 Å². The number of carbonyl (C=O) groups excluding carboxylic acids is 1. The first-order valence-electron chi connectivity index (χ1n) is 7.80. The van der Waals surface area contributed by atoms with Crippen molar-refractivity contribution < 1.29 is 13.6 Å². The third-order valence-electron chi connectivity index (χ3n) is 3.72. The molecule has 0 spiro atoms. The summed E-state index contributed by atoms with van der Waals surface area (Å²) in [7, 11) is 0. The van der Waals surface area contributed by atoms with Crippen LogP contribution < -0.4 is 5.32 Å². The molecule has 0 saturated heterocycles. The van der Waals surface area contributed by atoms with Crippen LogP contribution in [0.2, 0.25) is 5.02 Å². The molecule has 0 atom stereocenters. The summed E-state index contributed by atoms with van der Waals surface area (Å²) in [4.78, 5) is 16.1. The Balaban J connectivity index is 1.52. The van der Waals surface area contributed by atoms with Crippen molar-refractivity contribution in [3.63, 3.8) is 0 Å². The van der Waals surface area contributed by atoms with Crippen LogP contribution in [0.3, 0.4) is 0 Å². The molecular weight excluding hydrogens is 343 g/mol. The van der Waals surface area contributed by atoms with E-state index >= 15 is 0 Å². The number of hydrogen-bond acceptors (Lipinski definition) is 3. The van der Waals surface area contributed by atoms with E-state index < -0.39 is 5.82 Å². The van der Waals surface area contributed by atoms with Crippen molar-refractivity contribution in [1.29, 1.82) is 0 Å². The number of halogens is 2. The zero-order valence-electron chi connectivity index (χ0n) is 13.3. The summed E-state index contributed by atoms with van der Waals surface area (Å²) in [6.45, 7) is 0.370. The fraction of sp³-hybridized carbons (Fsp3) is 0.158. The van der Waals surface area contributed by atoms with Crippen LogP contribution >= 0.6 is 11.6 Å². The Morgan fingerprint density at radius 3 is 2.84 bits per heavy atom. The molecule has 1 N–H and O–H groups in total. The quantitative estimate of drug-likeness (QED) is 0.711. The molecule has 25 heavy (non-hydrogen) atoms. The van der Waals surface area contributed by atoms with Gasteiger partial charge in [-0.1, -0.05) is 17.7 Å². The van der Waals surface area contributed by atoms with Crippen LogP contribution in [0.15, 0.2) is 59.5 Å². The van der Waals surface area contributed by atoms with Crippen LogP contribution in [0.25, 0.3) is 11.3 Å². The molecule has 4 nitrogen and oxygen atoms in total. The van der Waals surface area contributed by atoms with Gasteiger partial charge >= 0.3 is 0 Å². The van der Waals surface area contributed by atoms with Gasteiger partial charge in [-0.2, -0.15) is 0 Å². The Kier molecular flexibility index (Phi) is 5.46. The van der Waals surface area contributed by atoms with Gasteiger partial charge in [-0.3, -0.25) is 9.78 Å². The highest BCUT2D eigenvalue weighted by atomic mass is 35.5. The lowest BCUT2D eigenvalue weighted by Crippen LogP contribution is -2.23. The monoisotopic (exact) mass is 358 g/mol. The number of furan rings is 1. The summed E-state index contributed by atoms with van der Waals surface area (Å²) < 4.78 is 18.7. The molecule has 0 aliphatic heterocycles. The molecule has 2 heterocycles. The Bertz CT molecular complexity index is 866. The van der Waals surface area contributed by atoms with Gasteiger partial charge in [0.25, 0.3) is 0 Å². The van der Waals surface area contributed by atoms with Crippen LogP contribution in [-0.2, 0) is 17.8 Å². The van der Waals surface area contributed by atoms with E-state index in [0.717, 1.165) is 22.5 Å². The molecule has 3 aromatic rings. The fourth-order valence-electron chi connectivity index (χ4n) is 2.40. The van der Waals surface area contributed by atoms with Crippen molar-refractivity contribution in [1.82, 2.24) is 10.3 Å². The Labute approximate surface area is 149 Å². The Hall–Kier alpha value is -2.66. The second-order valence-electron chi connectivity index (χ2n) is 5.58. The first-order chi connectivity index (χ1) is 12.1. The number of benzene rings is 1. The van der Waals surface area contributed by atoms with Crippen molar-refractivity contribution in [3.05, 3.63) is 77.0 Å². The third-order valence-corrected chi connectivity index (χ3v) is 4.02. The van der Waals surface area contributed by atoms with Crippen molar-refractivity contribution in [2.75, 3.05) is 0 Å². The van der Waals surface area contributed by atoms with E-state index in [9.17, 15) is 9.18 Å². The minimum Gasteiger partial charge on any atom is -0.464 e.